The predicted molar refractivity (Wildman–Crippen MR) is 241 cm³/mol. The van der Waals surface area contributed by atoms with Crippen molar-refractivity contribution in [3.05, 3.63) is 180 Å². The van der Waals surface area contributed by atoms with Gasteiger partial charge >= 0.3 is 11.9 Å². The zero-order valence-electron chi connectivity index (χ0n) is 33.7. The van der Waals surface area contributed by atoms with Gasteiger partial charge in [0, 0.05) is 34.7 Å². The quantitative estimate of drug-likeness (QED) is 0.0777. The second-order valence-electron chi connectivity index (χ2n) is 16.5. The van der Waals surface area contributed by atoms with Gasteiger partial charge in [-0.15, -0.1) is 0 Å². The zero-order chi connectivity index (χ0) is 40.9. The number of hydrogen-bond donors (Lipinski definition) is 2. The van der Waals surface area contributed by atoms with Crippen LogP contribution >= 0.6 is 0 Å². The van der Waals surface area contributed by atoms with Gasteiger partial charge in [0.15, 0.2) is 12.3 Å². The van der Waals surface area contributed by atoms with Gasteiger partial charge < -0.3 is 15.1 Å². The smallest absolute Gasteiger partial charge is 0.309 e. The van der Waals surface area contributed by atoms with Crippen LogP contribution in [0, 0.1) is 0 Å². The summed E-state index contributed by atoms with van der Waals surface area (Å²) in [6.45, 7) is 7.45. The van der Waals surface area contributed by atoms with Crippen LogP contribution in [0.15, 0.2) is 163 Å². The summed E-state index contributed by atoms with van der Waals surface area (Å²) in [6.07, 6.45) is 11.2. The van der Waals surface area contributed by atoms with Crippen molar-refractivity contribution in [1.29, 1.82) is 0 Å². The number of anilines is 1. The highest BCUT2D eigenvalue weighted by Crippen LogP contribution is 2.55. The molecule has 0 aliphatic carbocycles. The lowest BCUT2D eigenvalue weighted by Crippen LogP contribution is -2.34. The van der Waals surface area contributed by atoms with E-state index in [0.717, 1.165) is 50.7 Å². The highest BCUT2D eigenvalue weighted by Gasteiger charge is 2.50. The Bertz CT molecular complexity index is 2970. The molecule has 1 atom stereocenters. The summed E-state index contributed by atoms with van der Waals surface area (Å²) < 4.78 is 2.25. The number of aliphatic carboxylic acids is 2. The maximum absolute atomic E-state index is 12.2. The number of benzene rings is 7. The first-order valence-corrected chi connectivity index (χ1v) is 20.4. The SMILES string of the molecule is CC1(Cc2ccccc2)C(/C=C/C=C/C=C2\N(CCC(=O)O)c3c(c4ccccc4c4ccccc34)C2(C)C)=[N+](CCC(=O)O)c2c1c1ccccc1c1ccccc21. The van der Waals surface area contributed by atoms with E-state index in [4.69, 9.17) is 0 Å². The molecular formula is C53H47N2O4+. The van der Waals surface area contributed by atoms with E-state index in [1.807, 2.05) is 12.1 Å². The lowest BCUT2D eigenvalue weighted by molar-refractivity contribution is -0.435. The molecule has 7 aromatic rings. The molecular weight excluding hydrogens is 729 g/mol. The Hall–Kier alpha value is -6.79. The third kappa shape index (κ3) is 6.31. The van der Waals surface area contributed by atoms with Crippen molar-refractivity contribution in [2.24, 2.45) is 0 Å². The Morgan fingerprint density at radius 1 is 0.593 bits per heavy atom. The first-order chi connectivity index (χ1) is 28.6. The van der Waals surface area contributed by atoms with E-state index in [1.54, 1.807) is 0 Å². The van der Waals surface area contributed by atoms with Crippen LogP contribution in [0.3, 0.4) is 0 Å². The Morgan fingerprint density at radius 3 is 1.71 bits per heavy atom. The van der Waals surface area contributed by atoms with Gasteiger partial charge in [0.1, 0.15) is 6.42 Å². The molecule has 0 amide bonds. The lowest BCUT2D eigenvalue weighted by atomic mass is 9.72. The van der Waals surface area contributed by atoms with Crippen molar-refractivity contribution < 1.29 is 24.4 Å². The minimum atomic E-state index is -0.837. The fourth-order valence-corrected chi connectivity index (χ4v) is 10.1. The molecule has 9 rings (SSSR count). The molecule has 6 nitrogen and oxygen atoms in total. The molecule has 292 valence electrons. The number of fused-ring (bicyclic) bond motifs is 12. The fourth-order valence-electron chi connectivity index (χ4n) is 10.1. The molecule has 0 spiro atoms. The van der Waals surface area contributed by atoms with Gasteiger partial charge in [0.25, 0.3) is 0 Å². The summed E-state index contributed by atoms with van der Waals surface area (Å²) in [6, 6.07) is 44.6. The van der Waals surface area contributed by atoms with Crippen LogP contribution in [0.5, 0.6) is 0 Å². The Balaban J connectivity index is 1.19. The van der Waals surface area contributed by atoms with Crippen LogP contribution in [0.1, 0.15) is 50.3 Å². The molecule has 7 aromatic carbocycles. The second kappa shape index (κ2) is 14.9. The Labute approximate surface area is 344 Å². The molecule has 2 aliphatic heterocycles. The molecule has 0 aromatic heterocycles. The molecule has 0 bridgehead atoms. The van der Waals surface area contributed by atoms with Gasteiger partial charge in [0.2, 0.25) is 5.69 Å². The average Bonchev–Trinajstić information content (AvgIpc) is 3.62. The molecule has 0 radical (unpaired) electrons. The van der Waals surface area contributed by atoms with E-state index in [1.165, 1.54) is 38.2 Å². The number of carboxylic acid groups (broad SMARTS) is 2. The largest absolute Gasteiger partial charge is 0.481 e. The number of carbonyl (C=O) groups is 2. The minimum Gasteiger partial charge on any atom is -0.481 e. The third-order valence-corrected chi connectivity index (χ3v) is 12.5. The number of allylic oxidation sites excluding steroid dienone is 6. The summed E-state index contributed by atoms with van der Waals surface area (Å²) in [5.41, 5.74) is 6.94. The van der Waals surface area contributed by atoms with Crippen molar-refractivity contribution in [1.82, 2.24) is 0 Å². The van der Waals surface area contributed by atoms with Crippen LogP contribution in [-0.4, -0.2) is 45.5 Å². The molecule has 2 aliphatic rings. The van der Waals surface area contributed by atoms with Crippen LogP contribution in [0.4, 0.5) is 11.4 Å². The number of rotatable bonds is 11. The summed E-state index contributed by atoms with van der Waals surface area (Å²) in [7, 11) is 0. The van der Waals surface area contributed by atoms with E-state index in [-0.39, 0.29) is 12.8 Å². The number of carboxylic acids is 2. The standard InChI is InChI=1S/C53H46N2O4/c1-52(2)44(54(32-30-46(56)57)50-42-26-16-12-22-38(42)36-20-10-14-24-40(36)48(50)52)28-8-5-9-29-45-53(3,34-35-18-6-4-7-19-35)49-41-25-15-11-21-37(41)39-23-13-17-27-43(39)51(49)55(45)33-31-47(58)59/h4-29H,30-34H2,1-3H3,(H-,56,57,58,59)/p+1. The summed E-state index contributed by atoms with van der Waals surface area (Å²) >= 11 is 0. The normalized spacial score (nSPS) is 18.0. The summed E-state index contributed by atoms with van der Waals surface area (Å²) in [4.78, 5) is 26.5. The van der Waals surface area contributed by atoms with Crippen molar-refractivity contribution in [3.63, 3.8) is 0 Å². The fraction of sp³-hybridized carbons (Fsp3) is 0.189. The van der Waals surface area contributed by atoms with E-state index < -0.39 is 22.8 Å². The third-order valence-electron chi connectivity index (χ3n) is 12.5. The molecule has 0 saturated heterocycles. The van der Waals surface area contributed by atoms with Crippen LogP contribution in [0.25, 0.3) is 43.1 Å². The Morgan fingerprint density at radius 2 is 1.10 bits per heavy atom. The van der Waals surface area contributed by atoms with E-state index in [9.17, 15) is 19.8 Å². The van der Waals surface area contributed by atoms with Crippen LogP contribution in [-0.2, 0) is 26.8 Å². The first kappa shape index (κ1) is 37.8. The topological polar surface area (TPSA) is 80.9 Å². The van der Waals surface area contributed by atoms with Crippen molar-refractivity contribution >= 4 is 72.1 Å². The van der Waals surface area contributed by atoms with Gasteiger partial charge in [-0.1, -0.05) is 153 Å². The molecule has 2 N–H and O–H groups in total. The number of hydrogen-bond acceptors (Lipinski definition) is 3. The highest BCUT2D eigenvalue weighted by molar-refractivity contribution is 6.19. The number of nitrogens with zero attached hydrogens (tertiary/aromatic N) is 2. The second-order valence-corrected chi connectivity index (χ2v) is 16.5. The van der Waals surface area contributed by atoms with Gasteiger partial charge in [0.05, 0.1) is 22.9 Å². The predicted octanol–water partition coefficient (Wildman–Crippen LogP) is 11.6. The van der Waals surface area contributed by atoms with E-state index >= 15 is 0 Å². The molecule has 1 unspecified atom stereocenters. The van der Waals surface area contributed by atoms with Gasteiger partial charge in [-0.25, -0.2) is 0 Å². The van der Waals surface area contributed by atoms with Gasteiger partial charge in [-0.05, 0) is 68.9 Å². The average molecular weight is 776 g/mol. The Kier molecular flexibility index (Phi) is 9.51. The lowest BCUT2D eigenvalue weighted by Gasteiger charge is -2.26. The van der Waals surface area contributed by atoms with Crippen molar-refractivity contribution in [3.8, 4) is 0 Å². The molecule has 6 heteroatoms. The van der Waals surface area contributed by atoms with Crippen molar-refractivity contribution in [2.45, 2.75) is 50.9 Å². The molecule has 2 heterocycles. The van der Waals surface area contributed by atoms with Crippen molar-refractivity contribution in [2.75, 3.05) is 18.0 Å². The van der Waals surface area contributed by atoms with E-state index in [2.05, 4.69) is 176 Å². The van der Waals surface area contributed by atoms with Crippen LogP contribution in [0.2, 0.25) is 0 Å². The van der Waals surface area contributed by atoms with Gasteiger partial charge in [-0.2, -0.15) is 4.58 Å². The van der Waals surface area contributed by atoms with Crippen LogP contribution < -0.4 is 4.90 Å². The molecule has 0 fully saturated rings. The maximum atomic E-state index is 12.2. The zero-order valence-corrected chi connectivity index (χ0v) is 33.7. The first-order valence-electron chi connectivity index (χ1n) is 20.4. The van der Waals surface area contributed by atoms with E-state index in [0.29, 0.717) is 13.1 Å². The summed E-state index contributed by atoms with van der Waals surface area (Å²) in [5.74, 6) is -1.67. The minimum absolute atomic E-state index is 0.00600. The summed E-state index contributed by atoms with van der Waals surface area (Å²) in [5, 5.41) is 29.1. The maximum Gasteiger partial charge on any atom is 0.309 e. The molecule has 0 saturated carbocycles. The monoisotopic (exact) mass is 775 g/mol. The van der Waals surface area contributed by atoms with Gasteiger partial charge in [-0.3, -0.25) is 9.59 Å². The molecule has 59 heavy (non-hydrogen) atoms. The highest BCUT2D eigenvalue weighted by atomic mass is 16.4.